The van der Waals surface area contributed by atoms with Gasteiger partial charge in [-0.3, -0.25) is 14.3 Å². The van der Waals surface area contributed by atoms with Crippen molar-refractivity contribution in [1.29, 1.82) is 0 Å². The van der Waals surface area contributed by atoms with Gasteiger partial charge < -0.3 is 19.3 Å². The smallest absolute Gasteiger partial charge is 0.342 e. The summed E-state index contributed by atoms with van der Waals surface area (Å²) < 4.78 is 17.3. The van der Waals surface area contributed by atoms with Crippen LogP contribution in [0.25, 0.3) is 0 Å². The number of methoxy groups -OCH3 is 1. The van der Waals surface area contributed by atoms with Crippen LogP contribution in [0.3, 0.4) is 0 Å². The molecule has 1 aromatic rings. The van der Waals surface area contributed by atoms with E-state index in [0.29, 0.717) is 58.3 Å². The third-order valence-corrected chi connectivity index (χ3v) is 5.66. The summed E-state index contributed by atoms with van der Waals surface area (Å²) in [7, 11) is 1.58. The molecule has 0 unspecified atom stereocenters. The zero-order chi connectivity index (χ0) is 20.1. The van der Waals surface area contributed by atoms with Crippen LogP contribution in [0.1, 0.15) is 54.9 Å². The number of Topliss-reactive ketones (excluding diaryl/α,β-unsaturated/α-hetero) is 2. The predicted molar refractivity (Wildman–Crippen MR) is 96.6 cm³/mol. The molecule has 9 nitrogen and oxygen atoms in total. The fourth-order valence-electron chi connectivity index (χ4n) is 4.04. The molecule has 1 heterocycles. The standard InChI is InChI=1S/C19H26N2O7/c1-26-8-9-27-10-11-28-17-14(18(24)25)12-21(20-17)13-4-6-19(7-5-13)15(22)2-3-16(19)23/h12-13H,2-11H2,1H3,(H,24,25). The number of aromatic carboxylic acids is 1. The van der Waals surface area contributed by atoms with E-state index in [9.17, 15) is 19.5 Å². The number of rotatable bonds is 9. The van der Waals surface area contributed by atoms with Crippen molar-refractivity contribution >= 4 is 17.5 Å². The minimum absolute atomic E-state index is 0.00908. The molecular weight excluding hydrogens is 368 g/mol. The van der Waals surface area contributed by atoms with Crippen molar-refractivity contribution in [2.45, 2.75) is 44.6 Å². The molecular formula is C19H26N2O7. The molecule has 0 aliphatic heterocycles. The molecule has 0 bridgehead atoms. The van der Waals surface area contributed by atoms with Crippen LogP contribution in [-0.2, 0) is 19.1 Å². The van der Waals surface area contributed by atoms with Gasteiger partial charge in [-0.05, 0) is 25.7 Å². The van der Waals surface area contributed by atoms with Gasteiger partial charge in [0.2, 0.25) is 5.88 Å². The summed E-state index contributed by atoms with van der Waals surface area (Å²) in [6.45, 7) is 1.38. The van der Waals surface area contributed by atoms with Gasteiger partial charge in [0.05, 0.1) is 31.3 Å². The molecule has 1 spiro atoms. The third-order valence-electron chi connectivity index (χ3n) is 5.66. The first-order chi connectivity index (χ1) is 13.5. The van der Waals surface area contributed by atoms with E-state index < -0.39 is 11.4 Å². The monoisotopic (exact) mass is 394 g/mol. The predicted octanol–water partition coefficient (Wildman–Crippen LogP) is 1.66. The van der Waals surface area contributed by atoms with Gasteiger partial charge in [-0.2, -0.15) is 0 Å². The molecule has 0 saturated heterocycles. The summed E-state index contributed by atoms with van der Waals surface area (Å²) >= 11 is 0. The van der Waals surface area contributed by atoms with E-state index in [0.717, 1.165) is 0 Å². The molecule has 0 amide bonds. The van der Waals surface area contributed by atoms with E-state index in [4.69, 9.17) is 14.2 Å². The fourth-order valence-corrected chi connectivity index (χ4v) is 4.04. The van der Waals surface area contributed by atoms with Crippen molar-refractivity contribution in [3.8, 4) is 5.88 Å². The van der Waals surface area contributed by atoms with E-state index in [1.165, 1.54) is 6.20 Å². The Morgan fingerprint density at radius 1 is 1.18 bits per heavy atom. The van der Waals surface area contributed by atoms with Crippen molar-refractivity contribution in [2.24, 2.45) is 5.41 Å². The Labute approximate surface area is 162 Å². The first-order valence-corrected chi connectivity index (χ1v) is 9.56. The molecule has 1 N–H and O–H groups in total. The van der Waals surface area contributed by atoms with Gasteiger partial charge in [0.25, 0.3) is 0 Å². The number of carbonyl (C=O) groups excluding carboxylic acids is 2. The van der Waals surface area contributed by atoms with Crippen LogP contribution < -0.4 is 4.74 Å². The van der Waals surface area contributed by atoms with Crippen LogP contribution in [0.2, 0.25) is 0 Å². The number of carbonyl (C=O) groups is 3. The van der Waals surface area contributed by atoms with Crippen molar-refractivity contribution in [3.05, 3.63) is 11.8 Å². The lowest BCUT2D eigenvalue weighted by Gasteiger charge is -2.34. The minimum atomic E-state index is -1.12. The van der Waals surface area contributed by atoms with E-state index in [1.807, 2.05) is 0 Å². The SMILES string of the molecule is COCCOCCOc1nn(C2CCC3(CC2)C(=O)CCC3=O)cc1C(=O)O. The second-order valence-electron chi connectivity index (χ2n) is 7.25. The maximum atomic E-state index is 12.2. The molecule has 3 rings (SSSR count). The number of hydrogen-bond acceptors (Lipinski definition) is 7. The van der Waals surface area contributed by atoms with Gasteiger partial charge in [0.15, 0.2) is 0 Å². The number of aromatic nitrogens is 2. The van der Waals surface area contributed by atoms with Crippen LogP contribution in [0.15, 0.2) is 6.20 Å². The van der Waals surface area contributed by atoms with Crippen molar-refractivity contribution in [1.82, 2.24) is 9.78 Å². The van der Waals surface area contributed by atoms with Crippen LogP contribution in [-0.4, -0.2) is 66.0 Å². The van der Waals surface area contributed by atoms with Crippen LogP contribution in [0, 0.1) is 5.41 Å². The maximum Gasteiger partial charge on any atom is 0.342 e. The first-order valence-electron chi connectivity index (χ1n) is 9.56. The van der Waals surface area contributed by atoms with Crippen molar-refractivity contribution in [3.63, 3.8) is 0 Å². The average Bonchev–Trinajstić information content (AvgIpc) is 3.23. The molecule has 1 aromatic heterocycles. The lowest BCUT2D eigenvalue weighted by molar-refractivity contribution is -0.137. The highest BCUT2D eigenvalue weighted by Gasteiger charge is 2.51. The lowest BCUT2D eigenvalue weighted by atomic mass is 9.70. The summed E-state index contributed by atoms with van der Waals surface area (Å²) in [5, 5.41) is 13.7. The summed E-state index contributed by atoms with van der Waals surface area (Å²) in [5.74, 6) is -0.952. The zero-order valence-corrected chi connectivity index (χ0v) is 16.0. The largest absolute Gasteiger partial charge is 0.477 e. The summed E-state index contributed by atoms with van der Waals surface area (Å²) in [4.78, 5) is 35.9. The number of ether oxygens (including phenoxy) is 3. The van der Waals surface area contributed by atoms with E-state index in [2.05, 4.69) is 5.10 Å². The number of ketones is 2. The Hall–Kier alpha value is -2.26. The number of carboxylic acid groups (broad SMARTS) is 1. The molecule has 2 aliphatic carbocycles. The molecule has 154 valence electrons. The Morgan fingerprint density at radius 3 is 2.43 bits per heavy atom. The maximum absolute atomic E-state index is 12.2. The Kier molecular flexibility index (Phi) is 6.46. The molecule has 2 aliphatic rings. The second kappa shape index (κ2) is 8.83. The fraction of sp³-hybridized carbons (Fsp3) is 0.684. The summed E-state index contributed by atoms with van der Waals surface area (Å²) in [6.07, 6.45) is 4.37. The van der Waals surface area contributed by atoms with Crippen molar-refractivity contribution in [2.75, 3.05) is 33.5 Å². The molecule has 9 heteroatoms. The zero-order valence-electron chi connectivity index (χ0n) is 16.0. The number of nitrogens with zero attached hydrogens (tertiary/aromatic N) is 2. The minimum Gasteiger partial charge on any atom is -0.477 e. The van der Waals surface area contributed by atoms with E-state index in [-0.39, 0.29) is 35.7 Å². The summed E-state index contributed by atoms with van der Waals surface area (Å²) in [6, 6.07) is -0.0553. The highest BCUT2D eigenvalue weighted by molar-refractivity contribution is 6.12. The van der Waals surface area contributed by atoms with E-state index in [1.54, 1.807) is 11.8 Å². The molecule has 28 heavy (non-hydrogen) atoms. The molecule has 0 radical (unpaired) electrons. The third kappa shape index (κ3) is 4.10. The topological polar surface area (TPSA) is 117 Å². The second-order valence-corrected chi connectivity index (χ2v) is 7.25. The Balaban J connectivity index is 1.61. The van der Waals surface area contributed by atoms with Crippen LogP contribution in [0.4, 0.5) is 0 Å². The molecule has 2 saturated carbocycles. The molecule has 0 aromatic carbocycles. The van der Waals surface area contributed by atoms with Crippen LogP contribution >= 0.6 is 0 Å². The van der Waals surface area contributed by atoms with E-state index >= 15 is 0 Å². The van der Waals surface area contributed by atoms with Gasteiger partial charge in [0.1, 0.15) is 23.7 Å². The Bertz CT molecular complexity index is 717. The van der Waals surface area contributed by atoms with Gasteiger partial charge >= 0.3 is 5.97 Å². The average molecular weight is 394 g/mol. The van der Waals surface area contributed by atoms with Gasteiger partial charge in [-0.25, -0.2) is 4.79 Å². The van der Waals surface area contributed by atoms with Gasteiger partial charge in [0, 0.05) is 26.1 Å². The normalized spacial score (nSPS) is 19.5. The van der Waals surface area contributed by atoms with Gasteiger partial charge in [-0.1, -0.05) is 0 Å². The quantitative estimate of drug-likeness (QED) is 0.496. The number of carboxylic acids is 1. The summed E-state index contributed by atoms with van der Waals surface area (Å²) in [5.41, 5.74) is -0.816. The Morgan fingerprint density at radius 2 is 1.82 bits per heavy atom. The molecule has 0 atom stereocenters. The highest BCUT2D eigenvalue weighted by Crippen LogP contribution is 2.47. The van der Waals surface area contributed by atoms with Crippen LogP contribution in [0.5, 0.6) is 5.88 Å². The van der Waals surface area contributed by atoms with Crippen molar-refractivity contribution < 1.29 is 33.7 Å². The lowest BCUT2D eigenvalue weighted by Crippen LogP contribution is -2.37. The first kappa shape index (κ1) is 20.5. The molecule has 2 fully saturated rings. The van der Waals surface area contributed by atoms with Gasteiger partial charge in [-0.15, -0.1) is 5.10 Å². The number of hydrogen-bond donors (Lipinski definition) is 1. The highest BCUT2D eigenvalue weighted by atomic mass is 16.5.